The van der Waals surface area contributed by atoms with Crippen molar-refractivity contribution in [1.29, 1.82) is 0 Å². The Labute approximate surface area is 166 Å². The number of hydrogen-bond acceptors (Lipinski definition) is 6. The summed E-state index contributed by atoms with van der Waals surface area (Å²) in [6.45, 7) is 5.92. The number of carbonyl (C=O) groups excluding carboxylic acids is 2. The number of unbranched alkanes of at least 4 members (excludes halogenated alkanes) is 1. The van der Waals surface area contributed by atoms with Crippen molar-refractivity contribution in [2.75, 3.05) is 51.8 Å². The highest BCUT2D eigenvalue weighted by Gasteiger charge is 2.47. The van der Waals surface area contributed by atoms with Gasteiger partial charge in [-0.25, -0.2) is 4.79 Å². The Hall–Kier alpha value is -1.03. The predicted molar refractivity (Wildman–Crippen MR) is 107 cm³/mol. The van der Waals surface area contributed by atoms with Crippen LogP contribution in [0.4, 0.5) is 4.79 Å². The molecule has 3 unspecified atom stereocenters. The van der Waals surface area contributed by atoms with Crippen molar-refractivity contribution in [3.8, 4) is 0 Å². The van der Waals surface area contributed by atoms with Gasteiger partial charge in [-0.15, -0.1) is 0 Å². The van der Waals surface area contributed by atoms with Crippen LogP contribution >= 0.6 is 11.8 Å². The van der Waals surface area contributed by atoms with Gasteiger partial charge >= 0.3 is 6.03 Å². The molecule has 3 atom stereocenters. The van der Waals surface area contributed by atoms with Gasteiger partial charge in [-0.3, -0.25) is 4.79 Å². The van der Waals surface area contributed by atoms with Crippen molar-refractivity contribution in [3.05, 3.63) is 0 Å². The summed E-state index contributed by atoms with van der Waals surface area (Å²) in [5.41, 5.74) is 5.32. The number of nitrogens with zero attached hydrogens (tertiary/aromatic N) is 1. The number of fused-ring (bicyclic) bond motifs is 1. The van der Waals surface area contributed by atoms with Crippen LogP contribution < -0.4 is 16.4 Å². The Morgan fingerprint density at radius 2 is 2.07 bits per heavy atom. The molecule has 0 radical (unpaired) electrons. The van der Waals surface area contributed by atoms with Crippen LogP contribution in [0.2, 0.25) is 0 Å². The lowest BCUT2D eigenvalue weighted by atomic mass is 10.0. The topological polar surface area (TPSA) is 106 Å². The van der Waals surface area contributed by atoms with Gasteiger partial charge in [0, 0.05) is 37.1 Å². The van der Waals surface area contributed by atoms with Crippen molar-refractivity contribution < 1.29 is 19.1 Å². The molecule has 0 spiro atoms. The van der Waals surface area contributed by atoms with E-state index in [1.54, 1.807) is 0 Å². The summed E-state index contributed by atoms with van der Waals surface area (Å²) in [7, 11) is 0. The lowest BCUT2D eigenvalue weighted by Crippen LogP contribution is -2.40. The zero-order valence-corrected chi connectivity index (χ0v) is 17.1. The lowest BCUT2D eigenvalue weighted by Gasteiger charge is -2.26. The van der Waals surface area contributed by atoms with Gasteiger partial charge in [0.25, 0.3) is 0 Å². The summed E-state index contributed by atoms with van der Waals surface area (Å²) in [4.78, 5) is 25.8. The standard InChI is InChI=1S/C18H34N4O4S/c1-2-22-17-14(21-18(22)24)13-27-15(17)5-3-4-6-16(23)20-8-10-26-12-11-25-9-7-19/h14-15,17H,2-13,19H2,1H3,(H,20,23)(H,21,24). The molecule has 8 nitrogen and oxygen atoms in total. The fraction of sp³-hybridized carbons (Fsp3) is 0.889. The Morgan fingerprint density at radius 1 is 1.30 bits per heavy atom. The summed E-state index contributed by atoms with van der Waals surface area (Å²) in [6.07, 6.45) is 3.48. The zero-order chi connectivity index (χ0) is 19.5. The third-order valence-electron chi connectivity index (χ3n) is 4.90. The van der Waals surface area contributed by atoms with E-state index in [4.69, 9.17) is 15.2 Å². The van der Waals surface area contributed by atoms with E-state index in [1.165, 1.54) is 0 Å². The van der Waals surface area contributed by atoms with Crippen molar-refractivity contribution in [2.24, 2.45) is 5.73 Å². The number of amides is 3. The second kappa shape index (κ2) is 12.4. The van der Waals surface area contributed by atoms with Crippen LogP contribution in [0.15, 0.2) is 0 Å². The molecule has 2 rings (SSSR count). The minimum atomic E-state index is 0.0721. The van der Waals surface area contributed by atoms with E-state index in [1.807, 2.05) is 23.6 Å². The number of hydrogen-bond donors (Lipinski definition) is 3. The average Bonchev–Trinajstić information content (AvgIpc) is 3.18. The molecule has 9 heteroatoms. The Bertz CT molecular complexity index is 469. The lowest BCUT2D eigenvalue weighted by molar-refractivity contribution is -0.121. The van der Waals surface area contributed by atoms with E-state index in [-0.39, 0.29) is 18.0 Å². The molecular weight excluding hydrogens is 368 g/mol. The molecule has 0 aromatic rings. The molecule has 2 aliphatic rings. The van der Waals surface area contributed by atoms with E-state index in [9.17, 15) is 9.59 Å². The van der Waals surface area contributed by atoms with E-state index < -0.39 is 0 Å². The maximum Gasteiger partial charge on any atom is 0.318 e. The molecule has 2 fully saturated rings. The predicted octanol–water partition coefficient (Wildman–Crippen LogP) is 0.553. The number of thioether (sulfide) groups is 1. The molecule has 2 saturated heterocycles. The van der Waals surface area contributed by atoms with Crippen LogP contribution in [0.3, 0.4) is 0 Å². The summed E-state index contributed by atoms with van der Waals surface area (Å²) in [5, 5.41) is 6.44. The van der Waals surface area contributed by atoms with Crippen molar-refractivity contribution >= 4 is 23.7 Å². The Morgan fingerprint density at radius 3 is 2.81 bits per heavy atom. The van der Waals surface area contributed by atoms with Gasteiger partial charge in [0.15, 0.2) is 0 Å². The highest BCUT2D eigenvalue weighted by Crippen LogP contribution is 2.37. The molecule has 2 aliphatic heterocycles. The maximum absolute atomic E-state index is 11.9. The second-order valence-electron chi connectivity index (χ2n) is 6.81. The first-order valence-corrected chi connectivity index (χ1v) is 11.0. The van der Waals surface area contributed by atoms with Crippen LogP contribution in [0, 0.1) is 0 Å². The van der Waals surface area contributed by atoms with Gasteiger partial charge in [-0.2, -0.15) is 11.8 Å². The number of ether oxygens (including phenoxy) is 2. The molecule has 27 heavy (non-hydrogen) atoms. The van der Waals surface area contributed by atoms with Gasteiger partial charge in [0.05, 0.1) is 38.5 Å². The van der Waals surface area contributed by atoms with E-state index in [0.717, 1.165) is 31.6 Å². The van der Waals surface area contributed by atoms with Crippen molar-refractivity contribution in [1.82, 2.24) is 15.5 Å². The summed E-state index contributed by atoms with van der Waals surface area (Å²) >= 11 is 1.95. The molecule has 2 heterocycles. The largest absolute Gasteiger partial charge is 0.378 e. The fourth-order valence-corrected chi connectivity index (χ4v) is 5.20. The SMILES string of the molecule is CCN1C(=O)NC2CSC(CCCCC(=O)NCCOCCOCCN)C21. The van der Waals surface area contributed by atoms with Crippen LogP contribution in [-0.4, -0.2) is 86.0 Å². The molecule has 0 aromatic heterocycles. The molecule has 4 N–H and O–H groups in total. The van der Waals surface area contributed by atoms with Gasteiger partial charge < -0.3 is 30.7 Å². The smallest absolute Gasteiger partial charge is 0.318 e. The first-order chi connectivity index (χ1) is 13.2. The number of likely N-dealkylation sites (N-methyl/N-ethyl adjacent to an activating group) is 1. The number of nitrogens with one attached hydrogen (secondary N) is 2. The Kier molecular flexibility index (Phi) is 10.3. The third-order valence-corrected chi connectivity index (χ3v) is 6.39. The quantitative estimate of drug-likeness (QED) is 0.289. The molecule has 0 bridgehead atoms. The highest BCUT2D eigenvalue weighted by atomic mass is 32.2. The van der Waals surface area contributed by atoms with Crippen molar-refractivity contribution in [3.63, 3.8) is 0 Å². The summed E-state index contributed by atoms with van der Waals surface area (Å²) < 4.78 is 10.6. The second-order valence-corrected chi connectivity index (χ2v) is 8.09. The number of urea groups is 1. The Balaban J connectivity index is 1.48. The van der Waals surface area contributed by atoms with E-state index in [0.29, 0.717) is 57.2 Å². The average molecular weight is 403 g/mol. The normalized spacial score (nSPS) is 24.1. The first kappa shape index (κ1) is 22.3. The monoisotopic (exact) mass is 402 g/mol. The summed E-state index contributed by atoms with van der Waals surface area (Å²) in [5.74, 6) is 1.07. The van der Waals surface area contributed by atoms with Gasteiger partial charge in [-0.05, 0) is 19.8 Å². The first-order valence-electron chi connectivity index (χ1n) is 9.98. The van der Waals surface area contributed by atoms with Gasteiger partial charge in [-0.1, -0.05) is 6.42 Å². The summed E-state index contributed by atoms with van der Waals surface area (Å²) in [6, 6.07) is 0.675. The van der Waals surface area contributed by atoms with E-state index >= 15 is 0 Å². The molecule has 0 aromatic carbocycles. The minimum Gasteiger partial charge on any atom is -0.378 e. The fourth-order valence-electron chi connectivity index (χ4n) is 3.60. The molecule has 156 valence electrons. The van der Waals surface area contributed by atoms with Crippen LogP contribution in [-0.2, 0) is 14.3 Å². The number of rotatable bonds is 14. The van der Waals surface area contributed by atoms with Crippen LogP contribution in [0.5, 0.6) is 0 Å². The van der Waals surface area contributed by atoms with Crippen molar-refractivity contribution in [2.45, 2.75) is 49.9 Å². The van der Waals surface area contributed by atoms with E-state index in [2.05, 4.69) is 10.6 Å². The molecule has 0 saturated carbocycles. The van der Waals surface area contributed by atoms with Gasteiger partial charge in [0.2, 0.25) is 5.91 Å². The minimum absolute atomic E-state index is 0.0721. The number of nitrogens with two attached hydrogens (primary N) is 1. The maximum atomic E-state index is 11.9. The number of carbonyl (C=O) groups is 2. The zero-order valence-electron chi connectivity index (χ0n) is 16.3. The third kappa shape index (κ3) is 7.14. The molecule has 0 aliphatic carbocycles. The highest BCUT2D eigenvalue weighted by molar-refractivity contribution is 8.00. The van der Waals surface area contributed by atoms with Crippen LogP contribution in [0.25, 0.3) is 0 Å². The van der Waals surface area contributed by atoms with Crippen LogP contribution in [0.1, 0.15) is 32.6 Å². The molecule has 3 amide bonds. The molecular formula is C18H34N4O4S. The van der Waals surface area contributed by atoms with Gasteiger partial charge in [0.1, 0.15) is 0 Å².